The van der Waals surface area contributed by atoms with Gasteiger partial charge in [-0.25, -0.2) is 9.78 Å². The van der Waals surface area contributed by atoms with E-state index in [1.54, 1.807) is 24.3 Å². The monoisotopic (exact) mass is 351 g/mol. The molecule has 0 radical (unpaired) electrons. The molecular weight excluding hydrogens is 330 g/mol. The van der Waals surface area contributed by atoms with Crippen molar-refractivity contribution in [3.63, 3.8) is 0 Å². The molecule has 0 fully saturated rings. The molecular formula is C17H21NO5S. The second kappa shape index (κ2) is 9.36. The van der Waals surface area contributed by atoms with Gasteiger partial charge < -0.3 is 19.3 Å². The van der Waals surface area contributed by atoms with E-state index in [-0.39, 0.29) is 5.56 Å². The molecule has 1 heterocycles. The summed E-state index contributed by atoms with van der Waals surface area (Å²) < 4.78 is 16.2. The van der Waals surface area contributed by atoms with E-state index in [1.807, 2.05) is 13.8 Å². The van der Waals surface area contributed by atoms with Crippen LogP contribution in [0.1, 0.15) is 22.2 Å². The summed E-state index contributed by atoms with van der Waals surface area (Å²) in [6, 6.07) is 6.65. The van der Waals surface area contributed by atoms with Crippen LogP contribution < -0.4 is 4.74 Å². The fourth-order valence-electron chi connectivity index (χ4n) is 1.96. The first-order valence-electron chi connectivity index (χ1n) is 7.71. The number of ether oxygens (including phenoxy) is 3. The topological polar surface area (TPSA) is 77.9 Å². The lowest BCUT2D eigenvalue weighted by molar-refractivity contribution is 0.0399. The number of aromatic carboxylic acids is 1. The van der Waals surface area contributed by atoms with Crippen LogP contribution in [0.2, 0.25) is 0 Å². The third-order valence-electron chi connectivity index (χ3n) is 3.18. The number of hydrogen-bond donors (Lipinski definition) is 1. The molecule has 1 aromatic carbocycles. The van der Waals surface area contributed by atoms with Crippen molar-refractivity contribution in [1.82, 2.24) is 4.98 Å². The fraction of sp³-hybridized carbons (Fsp3) is 0.412. The van der Waals surface area contributed by atoms with Gasteiger partial charge in [0, 0.05) is 12.2 Å². The van der Waals surface area contributed by atoms with Crippen molar-refractivity contribution < 1.29 is 24.1 Å². The number of benzene rings is 1. The standard InChI is InChI=1S/C17H21NO5S/c1-3-21-8-9-22-10-11-23-15-12(2)24-16(18-15)13-4-6-14(7-5-13)17(19)20/h4-7H,3,8-11H2,1-2H3,(H,19,20). The Morgan fingerprint density at radius 3 is 2.46 bits per heavy atom. The zero-order chi connectivity index (χ0) is 17.4. The van der Waals surface area contributed by atoms with Crippen LogP contribution in [0.3, 0.4) is 0 Å². The Morgan fingerprint density at radius 2 is 1.79 bits per heavy atom. The van der Waals surface area contributed by atoms with Crippen molar-refractivity contribution in [2.75, 3.05) is 33.0 Å². The summed E-state index contributed by atoms with van der Waals surface area (Å²) in [7, 11) is 0. The minimum atomic E-state index is -0.940. The summed E-state index contributed by atoms with van der Waals surface area (Å²) in [5.74, 6) is -0.351. The largest absolute Gasteiger partial charge is 0.478 e. The van der Waals surface area contributed by atoms with Crippen LogP contribution in [0.4, 0.5) is 0 Å². The summed E-state index contributed by atoms with van der Waals surface area (Å²) in [5.41, 5.74) is 1.13. The number of thiazole rings is 1. The molecule has 0 saturated carbocycles. The molecule has 7 heteroatoms. The van der Waals surface area contributed by atoms with Gasteiger partial charge >= 0.3 is 5.97 Å². The van der Waals surface area contributed by atoms with E-state index < -0.39 is 5.97 Å². The van der Waals surface area contributed by atoms with Gasteiger partial charge in [0.05, 0.1) is 30.3 Å². The quantitative estimate of drug-likeness (QED) is 0.662. The van der Waals surface area contributed by atoms with Crippen molar-refractivity contribution >= 4 is 17.3 Å². The Morgan fingerprint density at radius 1 is 1.12 bits per heavy atom. The van der Waals surface area contributed by atoms with E-state index in [2.05, 4.69) is 4.98 Å². The van der Waals surface area contributed by atoms with E-state index in [1.165, 1.54) is 11.3 Å². The second-order valence-corrected chi connectivity index (χ2v) is 6.12. The van der Waals surface area contributed by atoms with Crippen molar-refractivity contribution in [3.8, 4) is 16.5 Å². The lowest BCUT2D eigenvalue weighted by Gasteiger charge is -2.05. The molecule has 0 amide bonds. The van der Waals surface area contributed by atoms with Crippen LogP contribution in [0.15, 0.2) is 24.3 Å². The Labute approximate surface area is 145 Å². The van der Waals surface area contributed by atoms with Crippen LogP contribution in [-0.2, 0) is 9.47 Å². The van der Waals surface area contributed by atoms with Gasteiger partial charge in [0.1, 0.15) is 11.6 Å². The van der Waals surface area contributed by atoms with Gasteiger partial charge in [-0.15, -0.1) is 11.3 Å². The normalized spacial score (nSPS) is 10.8. The molecule has 0 aliphatic carbocycles. The zero-order valence-corrected chi connectivity index (χ0v) is 14.6. The SMILES string of the molecule is CCOCCOCCOc1nc(-c2ccc(C(=O)O)cc2)sc1C. The lowest BCUT2D eigenvalue weighted by Crippen LogP contribution is -2.11. The number of hydrogen-bond acceptors (Lipinski definition) is 6. The van der Waals surface area contributed by atoms with Gasteiger partial charge in [-0.2, -0.15) is 0 Å². The first-order chi connectivity index (χ1) is 11.6. The number of carbonyl (C=O) groups is 1. The smallest absolute Gasteiger partial charge is 0.335 e. The van der Waals surface area contributed by atoms with Crippen LogP contribution in [-0.4, -0.2) is 49.1 Å². The molecule has 1 aromatic heterocycles. The second-order valence-electron chi connectivity index (χ2n) is 4.92. The van der Waals surface area contributed by atoms with Gasteiger partial charge in [-0.1, -0.05) is 12.1 Å². The number of carboxylic acid groups (broad SMARTS) is 1. The maximum Gasteiger partial charge on any atom is 0.335 e. The average molecular weight is 351 g/mol. The third kappa shape index (κ3) is 5.30. The van der Waals surface area contributed by atoms with Crippen molar-refractivity contribution in [2.24, 2.45) is 0 Å². The fourth-order valence-corrected chi connectivity index (χ4v) is 2.82. The number of aromatic nitrogens is 1. The molecule has 2 rings (SSSR count). The number of aryl methyl sites for hydroxylation is 1. The average Bonchev–Trinajstić information content (AvgIpc) is 2.95. The highest BCUT2D eigenvalue weighted by Crippen LogP contribution is 2.31. The summed E-state index contributed by atoms with van der Waals surface area (Å²) in [4.78, 5) is 16.3. The molecule has 130 valence electrons. The van der Waals surface area contributed by atoms with Gasteiger partial charge in [0.2, 0.25) is 5.88 Å². The molecule has 0 aliphatic heterocycles. The van der Waals surface area contributed by atoms with E-state index in [4.69, 9.17) is 19.3 Å². The summed E-state index contributed by atoms with van der Waals surface area (Å²) in [6.45, 7) is 6.62. The Kier molecular flexibility index (Phi) is 7.17. The molecule has 1 N–H and O–H groups in total. The maximum atomic E-state index is 10.9. The molecule has 0 bridgehead atoms. The predicted octanol–water partition coefficient (Wildman–Crippen LogP) is 3.25. The lowest BCUT2D eigenvalue weighted by atomic mass is 10.1. The van der Waals surface area contributed by atoms with Gasteiger partial charge in [-0.3, -0.25) is 0 Å². The highest BCUT2D eigenvalue weighted by atomic mass is 32.1. The number of rotatable bonds is 10. The minimum absolute atomic E-state index is 0.257. The first-order valence-corrected chi connectivity index (χ1v) is 8.53. The molecule has 24 heavy (non-hydrogen) atoms. The highest BCUT2D eigenvalue weighted by molar-refractivity contribution is 7.15. The molecule has 2 aromatic rings. The van der Waals surface area contributed by atoms with E-state index in [9.17, 15) is 4.79 Å². The van der Waals surface area contributed by atoms with Crippen molar-refractivity contribution in [3.05, 3.63) is 34.7 Å². The van der Waals surface area contributed by atoms with Crippen LogP contribution >= 0.6 is 11.3 Å². The summed E-state index contributed by atoms with van der Waals surface area (Å²) in [6.07, 6.45) is 0. The molecule has 0 atom stereocenters. The maximum absolute atomic E-state index is 10.9. The zero-order valence-electron chi connectivity index (χ0n) is 13.8. The number of nitrogens with zero attached hydrogens (tertiary/aromatic N) is 1. The molecule has 0 spiro atoms. The molecule has 0 unspecified atom stereocenters. The molecule has 0 aliphatic rings. The van der Waals surface area contributed by atoms with Crippen LogP contribution in [0.25, 0.3) is 10.6 Å². The minimum Gasteiger partial charge on any atom is -0.478 e. The number of carboxylic acids is 1. The van der Waals surface area contributed by atoms with E-state index in [0.29, 0.717) is 38.9 Å². The Hall–Kier alpha value is -1.96. The van der Waals surface area contributed by atoms with Gasteiger partial charge in [0.15, 0.2) is 0 Å². The third-order valence-corrected chi connectivity index (χ3v) is 4.18. The van der Waals surface area contributed by atoms with Gasteiger partial charge in [-0.05, 0) is 26.0 Å². The Balaban J connectivity index is 1.86. The first kappa shape index (κ1) is 18.4. The van der Waals surface area contributed by atoms with Crippen LogP contribution in [0.5, 0.6) is 5.88 Å². The van der Waals surface area contributed by atoms with Crippen molar-refractivity contribution in [1.29, 1.82) is 0 Å². The van der Waals surface area contributed by atoms with Crippen molar-refractivity contribution in [2.45, 2.75) is 13.8 Å². The van der Waals surface area contributed by atoms with E-state index >= 15 is 0 Å². The van der Waals surface area contributed by atoms with Gasteiger partial charge in [0.25, 0.3) is 0 Å². The predicted molar refractivity (Wildman–Crippen MR) is 92.1 cm³/mol. The molecule has 6 nitrogen and oxygen atoms in total. The summed E-state index contributed by atoms with van der Waals surface area (Å²) in [5, 5.41) is 9.73. The summed E-state index contributed by atoms with van der Waals surface area (Å²) >= 11 is 1.51. The highest BCUT2D eigenvalue weighted by Gasteiger charge is 2.11. The molecule has 0 saturated heterocycles. The van der Waals surface area contributed by atoms with Crippen LogP contribution in [0, 0.1) is 6.92 Å². The van der Waals surface area contributed by atoms with E-state index in [0.717, 1.165) is 15.4 Å². The Bertz CT molecular complexity index is 654.